The van der Waals surface area contributed by atoms with Crippen molar-refractivity contribution >= 4 is 17.7 Å². The predicted molar refractivity (Wildman–Crippen MR) is 128 cm³/mol. The number of carbonyl (C=O) groups excluding carboxylic acids is 2. The molecule has 1 unspecified atom stereocenters. The van der Waals surface area contributed by atoms with E-state index in [1.807, 2.05) is 32.9 Å². The van der Waals surface area contributed by atoms with Gasteiger partial charge in [0.05, 0.1) is 11.7 Å². The van der Waals surface area contributed by atoms with E-state index in [0.717, 1.165) is 18.5 Å². The Bertz CT molecular complexity index is 1270. The molecule has 36 heavy (non-hydrogen) atoms. The van der Waals surface area contributed by atoms with Crippen molar-refractivity contribution in [3.63, 3.8) is 0 Å². The summed E-state index contributed by atoms with van der Waals surface area (Å²) in [4.78, 5) is 30.7. The first-order chi connectivity index (χ1) is 17.2. The maximum absolute atomic E-state index is 13.1. The van der Waals surface area contributed by atoms with E-state index in [1.165, 1.54) is 5.56 Å². The van der Waals surface area contributed by atoms with Crippen molar-refractivity contribution in [3.8, 4) is 11.4 Å². The van der Waals surface area contributed by atoms with Crippen LogP contribution in [0.15, 0.2) is 18.2 Å². The van der Waals surface area contributed by atoms with Crippen molar-refractivity contribution in [1.82, 2.24) is 20.0 Å². The van der Waals surface area contributed by atoms with E-state index in [9.17, 15) is 15.1 Å². The number of aromatic nitrogens is 2. The average Bonchev–Trinajstić information content (AvgIpc) is 3.63. The van der Waals surface area contributed by atoms with Crippen LogP contribution in [-0.2, 0) is 20.7 Å². The van der Waals surface area contributed by atoms with E-state index in [2.05, 4.69) is 16.2 Å². The molecule has 1 saturated carbocycles. The lowest BCUT2D eigenvalue weighted by atomic mass is 9.95. The van der Waals surface area contributed by atoms with Crippen molar-refractivity contribution in [1.29, 1.82) is 0 Å². The van der Waals surface area contributed by atoms with Crippen LogP contribution in [0.1, 0.15) is 68.1 Å². The number of amides is 2. The van der Waals surface area contributed by atoms with Gasteiger partial charge in [-0.2, -0.15) is 9.89 Å². The molecule has 1 aliphatic carbocycles. The fourth-order valence-corrected chi connectivity index (χ4v) is 4.81. The van der Waals surface area contributed by atoms with Gasteiger partial charge in [0, 0.05) is 32.2 Å². The standard InChI is InChI=1S/C25H30N6O5/c1-25(2,3)36-24(33)30-10-9-17-20-18(30)12-27-23(32)22(28-26)21(20)29-31(17)16-8-7-15(14-5-6-14)11-19(16)35-13-34-4/h7-8,11,14,18H,5-6,9-10,12-13H2,1-4H3,(H,27,32). The molecule has 11 nitrogen and oxygen atoms in total. The lowest BCUT2D eigenvalue weighted by molar-refractivity contribution is -0.119. The summed E-state index contributed by atoms with van der Waals surface area (Å²) in [5.74, 6) is 0.567. The number of rotatable bonds is 5. The third-order valence-electron chi connectivity index (χ3n) is 6.54. The van der Waals surface area contributed by atoms with Crippen LogP contribution < -0.4 is 10.1 Å². The fourth-order valence-electron chi connectivity index (χ4n) is 4.81. The second-order valence-corrected chi connectivity index (χ2v) is 10.3. The zero-order valence-electron chi connectivity index (χ0n) is 20.9. The maximum atomic E-state index is 13.1. The van der Waals surface area contributed by atoms with E-state index in [4.69, 9.17) is 19.3 Å². The highest BCUT2D eigenvalue weighted by molar-refractivity contribution is 6.43. The van der Waals surface area contributed by atoms with Gasteiger partial charge < -0.3 is 25.1 Å². The Morgan fingerprint density at radius 1 is 1.31 bits per heavy atom. The first-order valence-electron chi connectivity index (χ1n) is 12.1. The van der Waals surface area contributed by atoms with E-state index in [1.54, 1.807) is 16.7 Å². The second kappa shape index (κ2) is 9.07. The van der Waals surface area contributed by atoms with E-state index in [-0.39, 0.29) is 24.7 Å². The molecule has 1 fully saturated rings. The summed E-state index contributed by atoms with van der Waals surface area (Å²) in [6, 6.07) is 5.48. The molecular weight excluding hydrogens is 464 g/mol. The molecule has 1 aromatic carbocycles. The van der Waals surface area contributed by atoms with Gasteiger partial charge in [0.15, 0.2) is 12.5 Å². The normalized spacial score (nSPS) is 19.2. The van der Waals surface area contributed by atoms with Gasteiger partial charge in [0.25, 0.3) is 0 Å². The number of hydrogen-bond acceptors (Lipinski definition) is 6. The lowest BCUT2D eigenvalue weighted by Gasteiger charge is -2.36. The number of ether oxygens (including phenoxy) is 3. The minimum atomic E-state index is -0.674. The zero-order valence-corrected chi connectivity index (χ0v) is 20.9. The Morgan fingerprint density at radius 2 is 2.08 bits per heavy atom. The third-order valence-corrected chi connectivity index (χ3v) is 6.54. The second-order valence-electron chi connectivity index (χ2n) is 10.3. The van der Waals surface area contributed by atoms with Crippen LogP contribution >= 0.6 is 0 Å². The molecule has 5 rings (SSSR count). The number of benzene rings is 1. The van der Waals surface area contributed by atoms with Crippen molar-refractivity contribution in [3.05, 3.63) is 46.2 Å². The summed E-state index contributed by atoms with van der Waals surface area (Å²) in [7, 11) is 1.56. The minimum absolute atomic E-state index is 0.0677. The van der Waals surface area contributed by atoms with Crippen molar-refractivity contribution in [2.75, 3.05) is 27.0 Å². The van der Waals surface area contributed by atoms with Gasteiger partial charge in [-0.15, -0.1) is 0 Å². The molecular formula is C25H30N6O5. The molecule has 2 amide bonds. The average molecular weight is 495 g/mol. The molecule has 1 atom stereocenters. The molecule has 0 bridgehead atoms. The van der Waals surface area contributed by atoms with Crippen molar-refractivity contribution < 1.29 is 28.6 Å². The fraction of sp³-hybridized carbons (Fsp3) is 0.520. The Morgan fingerprint density at radius 3 is 2.75 bits per heavy atom. The van der Waals surface area contributed by atoms with E-state index < -0.39 is 23.6 Å². The summed E-state index contributed by atoms with van der Waals surface area (Å²) in [6.45, 7) is 5.99. The van der Waals surface area contributed by atoms with Crippen LogP contribution in [0.4, 0.5) is 4.79 Å². The summed E-state index contributed by atoms with van der Waals surface area (Å²) in [5.41, 5.74) is 12.4. The molecule has 3 aliphatic rings. The number of nitrogens with one attached hydrogen (secondary N) is 1. The SMILES string of the molecule is COCOc1cc(C2CC2)ccc1-n1nc2c3c1CCN(C(=O)OC(C)(C)C)C3CNC(=O)C2=[N+]=[N-]. The molecule has 2 aliphatic heterocycles. The quantitative estimate of drug-likeness (QED) is 0.386. The number of methoxy groups -OCH3 is 1. The highest BCUT2D eigenvalue weighted by Gasteiger charge is 2.45. The Hall–Kier alpha value is -3.69. The summed E-state index contributed by atoms with van der Waals surface area (Å²) >= 11 is 0. The molecule has 11 heteroatoms. The first kappa shape index (κ1) is 24.0. The number of carbonyl (C=O) groups is 2. The predicted octanol–water partition coefficient (Wildman–Crippen LogP) is 2.72. The largest absolute Gasteiger partial charge is 0.465 e. The van der Waals surface area contributed by atoms with Crippen LogP contribution in [-0.4, -0.2) is 69.8 Å². The summed E-state index contributed by atoms with van der Waals surface area (Å²) in [5, 5.41) is 7.48. The van der Waals surface area contributed by atoms with Gasteiger partial charge in [-0.1, -0.05) is 6.07 Å². The molecule has 0 spiro atoms. The Labute approximate surface area is 208 Å². The topological polar surface area (TPSA) is 131 Å². The molecule has 0 saturated heterocycles. The Kier molecular flexibility index (Phi) is 6.05. The van der Waals surface area contributed by atoms with Gasteiger partial charge in [-0.25, -0.2) is 9.48 Å². The third kappa shape index (κ3) is 4.36. The van der Waals surface area contributed by atoms with Gasteiger partial charge in [0.1, 0.15) is 17.0 Å². The van der Waals surface area contributed by atoms with Crippen LogP contribution in [0.3, 0.4) is 0 Å². The van der Waals surface area contributed by atoms with Crippen molar-refractivity contribution in [2.45, 2.75) is 57.6 Å². The zero-order chi connectivity index (χ0) is 25.6. The summed E-state index contributed by atoms with van der Waals surface area (Å²) in [6.07, 6.45) is 2.28. The van der Waals surface area contributed by atoms with Gasteiger partial charge in [-0.05, 0) is 57.2 Å². The monoisotopic (exact) mass is 494 g/mol. The summed E-state index contributed by atoms with van der Waals surface area (Å²) < 4.78 is 18.4. The van der Waals surface area contributed by atoms with Crippen LogP contribution in [0.25, 0.3) is 11.2 Å². The number of hydrogen-bond donors (Lipinski definition) is 1. The van der Waals surface area contributed by atoms with Gasteiger partial charge in [-0.3, -0.25) is 9.69 Å². The van der Waals surface area contributed by atoms with Crippen LogP contribution in [0.5, 0.6) is 5.75 Å². The highest BCUT2D eigenvalue weighted by Crippen LogP contribution is 2.43. The first-order valence-corrected chi connectivity index (χ1v) is 12.1. The smallest absolute Gasteiger partial charge is 0.410 e. The van der Waals surface area contributed by atoms with Gasteiger partial charge >= 0.3 is 17.7 Å². The van der Waals surface area contributed by atoms with Gasteiger partial charge in [0.2, 0.25) is 0 Å². The molecule has 3 heterocycles. The lowest BCUT2D eigenvalue weighted by Crippen LogP contribution is -2.46. The molecule has 1 aromatic heterocycles. The van der Waals surface area contributed by atoms with E-state index >= 15 is 0 Å². The number of nitrogens with zero attached hydrogens (tertiary/aromatic N) is 5. The van der Waals surface area contributed by atoms with E-state index in [0.29, 0.717) is 35.9 Å². The minimum Gasteiger partial charge on any atom is -0.465 e. The van der Waals surface area contributed by atoms with Crippen molar-refractivity contribution in [2.24, 2.45) is 0 Å². The molecule has 0 radical (unpaired) electrons. The maximum Gasteiger partial charge on any atom is 0.410 e. The van der Waals surface area contributed by atoms with Crippen LogP contribution in [0.2, 0.25) is 0 Å². The van der Waals surface area contributed by atoms with Crippen LogP contribution in [0, 0.1) is 0 Å². The molecule has 2 aromatic rings. The molecule has 1 N–H and O–H groups in total. The Balaban J connectivity index is 1.64. The highest BCUT2D eigenvalue weighted by atomic mass is 16.7. The molecule has 190 valence electrons.